The summed E-state index contributed by atoms with van der Waals surface area (Å²) in [5, 5.41) is 18.6. The van der Waals surface area contributed by atoms with Gasteiger partial charge in [-0.1, -0.05) is 25.3 Å². The van der Waals surface area contributed by atoms with Crippen LogP contribution in [-0.2, 0) is 6.61 Å². The number of nitrogens with zero attached hydrogens (tertiary/aromatic N) is 1. The topological polar surface area (TPSA) is 43.7 Å². The molecule has 0 aromatic heterocycles. The second-order valence-corrected chi connectivity index (χ2v) is 5.10. The van der Waals surface area contributed by atoms with Gasteiger partial charge in [0.2, 0.25) is 0 Å². The van der Waals surface area contributed by atoms with Gasteiger partial charge in [0.15, 0.2) is 0 Å². The molecule has 0 bridgehead atoms. The molecule has 19 heavy (non-hydrogen) atoms. The van der Waals surface area contributed by atoms with Crippen molar-refractivity contribution in [1.29, 1.82) is 0 Å². The Morgan fingerprint density at radius 2 is 1.89 bits per heavy atom. The van der Waals surface area contributed by atoms with Crippen molar-refractivity contribution < 1.29 is 14.6 Å². The van der Waals surface area contributed by atoms with Crippen LogP contribution < -0.4 is 4.90 Å². The van der Waals surface area contributed by atoms with E-state index in [9.17, 15) is 14.6 Å². The zero-order valence-electron chi connectivity index (χ0n) is 11.2. The van der Waals surface area contributed by atoms with Gasteiger partial charge < -0.3 is 15.1 Å². The quantitative estimate of drug-likeness (QED) is 0.861. The molecule has 0 heterocycles. The van der Waals surface area contributed by atoms with E-state index in [4.69, 9.17) is 0 Å². The van der Waals surface area contributed by atoms with E-state index in [1.807, 2.05) is 6.07 Å². The largest absolute Gasteiger partial charge is 0.395 e. The maximum Gasteiger partial charge on any atom is 0.130 e. The molecule has 1 aromatic carbocycles. The molecule has 1 aliphatic carbocycles. The fourth-order valence-corrected chi connectivity index (χ4v) is 2.97. The Bertz CT molecular complexity index is 405. The van der Waals surface area contributed by atoms with Gasteiger partial charge in [-0.15, -0.1) is 0 Å². The third-order valence-corrected chi connectivity index (χ3v) is 3.92. The van der Waals surface area contributed by atoms with E-state index in [-0.39, 0.29) is 19.0 Å². The molecule has 0 saturated heterocycles. The number of anilines is 1. The molecule has 0 unspecified atom stereocenters. The van der Waals surface area contributed by atoms with E-state index in [1.54, 1.807) is 6.07 Å². The van der Waals surface area contributed by atoms with Crippen LogP contribution in [0.15, 0.2) is 18.2 Å². The molecule has 0 aliphatic heterocycles. The third kappa shape index (κ3) is 3.25. The summed E-state index contributed by atoms with van der Waals surface area (Å²) in [6.07, 6.45) is 5.75. The molecular formula is C15H22FNO2. The van der Waals surface area contributed by atoms with E-state index in [2.05, 4.69) is 4.90 Å². The SMILES string of the molecule is OCCN(c1cccc(F)c1CO)C1CCCCC1. The predicted octanol–water partition coefficient (Wildman–Crippen LogP) is 2.45. The number of halogens is 1. The number of hydrogen-bond acceptors (Lipinski definition) is 3. The first-order valence-corrected chi connectivity index (χ1v) is 7.03. The standard InChI is InChI=1S/C15H22FNO2/c16-14-7-4-8-15(13(14)11-19)17(9-10-18)12-5-2-1-3-6-12/h4,7-8,12,18-19H,1-3,5-6,9-11H2. The van der Waals surface area contributed by atoms with Gasteiger partial charge in [-0.3, -0.25) is 0 Å². The molecule has 1 aliphatic rings. The Hall–Kier alpha value is -1.13. The lowest BCUT2D eigenvalue weighted by Crippen LogP contribution is -2.39. The van der Waals surface area contributed by atoms with Crippen LogP contribution in [0.1, 0.15) is 37.7 Å². The molecule has 0 atom stereocenters. The Balaban J connectivity index is 2.29. The van der Waals surface area contributed by atoms with Gasteiger partial charge in [0.05, 0.1) is 13.2 Å². The summed E-state index contributed by atoms with van der Waals surface area (Å²) in [7, 11) is 0. The maximum absolute atomic E-state index is 13.8. The fraction of sp³-hybridized carbons (Fsp3) is 0.600. The molecule has 106 valence electrons. The van der Waals surface area contributed by atoms with E-state index >= 15 is 0 Å². The Kier molecular flexibility index (Phi) is 5.16. The normalized spacial score (nSPS) is 16.6. The van der Waals surface area contributed by atoms with Gasteiger partial charge in [-0.25, -0.2) is 4.39 Å². The van der Waals surface area contributed by atoms with Gasteiger partial charge in [0, 0.05) is 23.8 Å². The van der Waals surface area contributed by atoms with Crippen LogP contribution in [0.25, 0.3) is 0 Å². The van der Waals surface area contributed by atoms with Gasteiger partial charge in [-0.05, 0) is 25.0 Å². The first-order valence-electron chi connectivity index (χ1n) is 7.03. The van der Waals surface area contributed by atoms with Crippen LogP contribution in [0, 0.1) is 5.82 Å². The van der Waals surface area contributed by atoms with Crippen LogP contribution in [-0.4, -0.2) is 29.4 Å². The highest BCUT2D eigenvalue weighted by Gasteiger charge is 2.23. The second kappa shape index (κ2) is 6.87. The van der Waals surface area contributed by atoms with E-state index < -0.39 is 0 Å². The molecule has 0 radical (unpaired) electrons. The molecule has 1 fully saturated rings. The molecule has 2 N–H and O–H groups in total. The summed E-state index contributed by atoms with van der Waals surface area (Å²) in [4.78, 5) is 2.06. The molecule has 1 saturated carbocycles. The molecular weight excluding hydrogens is 245 g/mol. The molecule has 3 nitrogen and oxygen atoms in total. The highest BCUT2D eigenvalue weighted by Crippen LogP contribution is 2.30. The van der Waals surface area contributed by atoms with Crippen molar-refractivity contribution in [3.63, 3.8) is 0 Å². The van der Waals surface area contributed by atoms with Gasteiger partial charge in [0.1, 0.15) is 5.82 Å². The fourth-order valence-electron chi connectivity index (χ4n) is 2.97. The minimum absolute atomic E-state index is 0.0396. The van der Waals surface area contributed by atoms with Crippen LogP contribution in [0.4, 0.5) is 10.1 Å². The number of rotatable bonds is 5. The molecule has 2 rings (SSSR count). The molecule has 0 amide bonds. The summed E-state index contributed by atoms with van der Waals surface area (Å²) >= 11 is 0. The van der Waals surface area contributed by atoms with Crippen molar-refractivity contribution in [1.82, 2.24) is 0 Å². The van der Waals surface area contributed by atoms with Crippen molar-refractivity contribution in [3.05, 3.63) is 29.6 Å². The third-order valence-electron chi connectivity index (χ3n) is 3.92. The summed E-state index contributed by atoms with van der Waals surface area (Å²) in [6, 6.07) is 5.20. The first-order chi connectivity index (χ1) is 9.27. The minimum atomic E-state index is -0.376. The Labute approximate surface area is 113 Å². The molecule has 1 aromatic rings. The van der Waals surface area contributed by atoms with Crippen molar-refractivity contribution in [2.45, 2.75) is 44.8 Å². The zero-order valence-corrected chi connectivity index (χ0v) is 11.2. The summed E-state index contributed by atoms with van der Waals surface area (Å²) in [5.41, 5.74) is 1.06. The summed E-state index contributed by atoms with van der Waals surface area (Å²) in [6.45, 7) is 0.218. The van der Waals surface area contributed by atoms with Crippen LogP contribution in [0.5, 0.6) is 0 Å². The summed E-state index contributed by atoms with van der Waals surface area (Å²) in [5.74, 6) is -0.376. The molecule has 0 spiro atoms. The van der Waals surface area contributed by atoms with E-state index in [0.29, 0.717) is 18.2 Å². The second-order valence-electron chi connectivity index (χ2n) is 5.10. The van der Waals surface area contributed by atoms with Crippen molar-refractivity contribution in [3.8, 4) is 0 Å². The monoisotopic (exact) mass is 267 g/mol. The van der Waals surface area contributed by atoms with Crippen molar-refractivity contribution in [2.75, 3.05) is 18.1 Å². The lowest BCUT2D eigenvalue weighted by molar-refractivity contribution is 0.272. The average Bonchev–Trinajstić information content (AvgIpc) is 2.45. The van der Waals surface area contributed by atoms with E-state index in [1.165, 1.54) is 25.3 Å². The zero-order chi connectivity index (χ0) is 13.7. The van der Waals surface area contributed by atoms with Gasteiger partial charge in [0.25, 0.3) is 0 Å². The maximum atomic E-state index is 13.8. The average molecular weight is 267 g/mol. The molecule has 4 heteroatoms. The highest BCUT2D eigenvalue weighted by atomic mass is 19.1. The van der Waals surface area contributed by atoms with Crippen molar-refractivity contribution in [2.24, 2.45) is 0 Å². The van der Waals surface area contributed by atoms with Crippen LogP contribution in [0.3, 0.4) is 0 Å². The number of aliphatic hydroxyl groups excluding tert-OH is 2. The van der Waals surface area contributed by atoms with Gasteiger partial charge >= 0.3 is 0 Å². The number of benzene rings is 1. The predicted molar refractivity (Wildman–Crippen MR) is 73.6 cm³/mol. The van der Waals surface area contributed by atoms with Crippen LogP contribution >= 0.6 is 0 Å². The van der Waals surface area contributed by atoms with Crippen LogP contribution in [0.2, 0.25) is 0 Å². The Morgan fingerprint density at radius 1 is 1.16 bits per heavy atom. The minimum Gasteiger partial charge on any atom is -0.395 e. The Morgan fingerprint density at radius 3 is 2.53 bits per heavy atom. The lowest BCUT2D eigenvalue weighted by atomic mass is 9.93. The highest BCUT2D eigenvalue weighted by molar-refractivity contribution is 5.55. The van der Waals surface area contributed by atoms with E-state index in [0.717, 1.165) is 18.5 Å². The smallest absolute Gasteiger partial charge is 0.130 e. The van der Waals surface area contributed by atoms with Crippen molar-refractivity contribution >= 4 is 5.69 Å². The number of aliphatic hydroxyl groups is 2. The summed E-state index contributed by atoms with van der Waals surface area (Å²) < 4.78 is 13.8. The van der Waals surface area contributed by atoms with Gasteiger partial charge in [-0.2, -0.15) is 0 Å². The lowest BCUT2D eigenvalue weighted by Gasteiger charge is -2.37. The first kappa shape index (κ1) is 14.3. The number of hydrogen-bond donors (Lipinski definition) is 2.